The van der Waals surface area contributed by atoms with Crippen molar-refractivity contribution >= 4 is 34.6 Å². The summed E-state index contributed by atoms with van der Waals surface area (Å²) in [5.74, 6) is -0.418. The number of aliphatic hydroxyl groups excluding tert-OH is 3. The van der Waals surface area contributed by atoms with Crippen molar-refractivity contribution in [2.75, 3.05) is 0 Å². The zero-order valence-corrected chi connectivity index (χ0v) is 24.2. The van der Waals surface area contributed by atoms with Gasteiger partial charge >= 0.3 is 0 Å². The third kappa shape index (κ3) is 15.4. The van der Waals surface area contributed by atoms with Crippen LogP contribution in [0.2, 0.25) is 0 Å². The number of allylic oxidation sites excluding steroid dienone is 3. The van der Waals surface area contributed by atoms with E-state index < -0.39 is 0 Å². The van der Waals surface area contributed by atoms with Crippen molar-refractivity contribution in [1.82, 2.24) is 0 Å². The van der Waals surface area contributed by atoms with Crippen LogP contribution in [0.1, 0.15) is 37.5 Å². The van der Waals surface area contributed by atoms with Crippen LogP contribution in [-0.4, -0.2) is 32.7 Å². The minimum atomic E-state index is -0.156. The van der Waals surface area contributed by atoms with E-state index in [2.05, 4.69) is 0 Å². The summed E-state index contributed by atoms with van der Waals surface area (Å²) < 4.78 is 0. The zero-order chi connectivity index (χ0) is 26.9. The first-order valence-electron chi connectivity index (χ1n) is 11.0. The van der Waals surface area contributed by atoms with Crippen molar-refractivity contribution in [3.05, 3.63) is 126 Å². The molecule has 0 fully saturated rings. The van der Waals surface area contributed by atoms with Crippen LogP contribution in [0.4, 0.5) is 0 Å². The number of hydrogen-bond acceptors (Lipinski definition) is 6. The minimum absolute atomic E-state index is 0. The molecule has 3 N–H and O–H groups in total. The first-order valence-corrected chi connectivity index (χ1v) is 11.0. The Kier molecular flexibility index (Phi) is 17.1. The van der Waals surface area contributed by atoms with Gasteiger partial charge in [0.15, 0.2) is 17.3 Å². The molecule has 0 radical (unpaired) electrons. The summed E-state index contributed by atoms with van der Waals surface area (Å²) in [7, 11) is 0. The van der Waals surface area contributed by atoms with Crippen LogP contribution in [0.25, 0.3) is 17.3 Å². The molecular formula is C30H30NdO6. The number of rotatable bonds is 6. The van der Waals surface area contributed by atoms with Crippen molar-refractivity contribution in [3.8, 4) is 0 Å². The van der Waals surface area contributed by atoms with Crippen molar-refractivity contribution < 1.29 is 70.5 Å². The molecule has 0 unspecified atom stereocenters. The van der Waals surface area contributed by atoms with Crippen LogP contribution >= 0.6 is 0 Å². The number of carbonyl (C=O) groups excluding carboxylic acids is 3. The zero-order valence-electron chi connectivity index (χ0n) is 21.0. The van der Waals surface area contributed by atoms with E-state index in [1.165, 1.54) is 39.0 Å². The van der Waals surface area contributed by atoms with Crippen LogP contribution in [0.15, 0.2) is 109 Å². The molecule has 0 aliphatic rings. The molecule has 6 nitrogen and oxygen atoms in total. The molecule has 0 saturated carbocycles. The molecule has 0 aliphatic carbocycles. The van der Waals surface area contributed by atoms with Gasteiger partial charge in [-0.1, -0.05) is 91.0 Å². The van der Waals surface area contributed by atoms with E-state index in [0.29, 0.717) is 16.7 Å². The van der Waals surface area contributed by atoms with Gasteiger partial charge in [-0.05, 0) is 20.8 Å². The number of aliphatic hydroxyl groups is 3. The van der Waals surface area contributed by atoms with Crippen molar-refractivity contribution in [2.45, 2.75) is 20.8 Å². The second-order valence-corrected chi connectivity index (χ2v) is 7.52. The Hall–Kier alpha value is -3.36. The summed E-state index contributed by atoms with van der Waals surface area (Å²) in [6, 6.07) is 26.9. The quantitative estimate of drug-likeness (QED) is 0.211. The molecule has 0 bridgehead atoms. The summed E-state index contributed by atoms with van der Waals surface area (Å²) in [4.78, 5) is 31.8. The summed E-state index contributed by atoms with van der Waals surface area (Å²) in [6.07, 6.45) is 3.61. The first-order chi connectivity index (χ1) is 17.1. The summed E-state index contributed by atoms with van der Waals surface area (Å²) >= 11 is 0. The second kappa shape index (κ2) is 18.8. The summed E-state index contributed by atoms with van der Waals surface area (Å²) in [5.41, 5.74) is 1.98. The molecule has 0 aliphatic heterocycles. The number of carbonyl (C=O) groups is 3. The van der Waals surface area contributed by atoms with E-state index in [4.69, 9.17) is 0 Å². The van der Waals surface area contributed by atoms with Gasteiger partial charge in [0.25, 0.3) is 0 Å². The van der Waals surface area contributed by atoms with Crippen molar-refractivity contribution in [2.24, 2.45) is 0 Å². The molecule has 37 heavy (non-hydrogen) atoms. The molecule has 0 amide bonds. The maximum atomic E-state index is 10.6. The van der Waals surface area contributed by atoms with Gasteiger partial charge in [0, 0.05) is 75.8 Å². The van der Waals surface area contributed by atoms with E-state index in [1.807, 2.05) is 18.2 Å². The second-order valence-electron chi connectivity index (χ2n) is 7.52. The van der Waals surface area contributed by atoms with Gasteiger partial charge in [-0.3, -0.25) is 14.4 Å². The molecule has 0 heterocycles. The Morgan fingerprint density at radius 3 is 0.811 bits per heavy atom. The Labute approximate surface area is 250 Å². The first kappa shape index (κ1) is 33.6. The van der Waals surface area contributed by atoms with Crippen LogP contribution in [0.5, 0.6) is 0 Å². The summed E-state index contributed by atoms with van der Waals surface area (Å²) in [5, 5.41) is 28.0. The third-order valence-electron chi connectivity index (χ3n) is 4.23. The Bertz CT molecular complexity index is 1060. The molecular weight excluding hydrogens is 601 g/mol. The normalized spacial score (nSPS) is 10.9. The van der Waals surface area contributed by atoms with E-state index in [9.17, 15) is 29.7 Å². The van der Waals surface area contributed by atoms with Gasteiger partial charge in [0.2, 0.25) is 0 Å². The summed E-state index contributed by atoms with van der Waals surface area (Å²) in [6.45, 7) is 4.21. The van der Waals surface area contributed by atoms with Gasteiger partial charge in [-0.25, -0.2) is 0 Å². The van der Waals surface area contributed by atoms with Crippen LogP contribution in [0, 0.1) is 40.8 Å². The fourth-order valence-electron chi connectivity index (χ4n) is 2.65. The molecule has 0 aromatic heterocycles. The van der Waals surface area contributed by atoms with Crippen LogP contribution in [-0.2, 0) is 14.4 Å². The van der Waals surface area contributed by atoms with E-state index in [-0.39, 0.29) is 75.5 Å². The third-order valence-corrected chi connectivity index (χ3v) is 4.23. The Morgan fingerprint density at radius 2 is 0.649 bits per heavy atom. The van der Waals surface area contributed by atoms with Gasteiger partial charge in [-0.2, -0.15) is 0 Å². The Balaban J connectivity index is 0.000000518. The number of ketones is 3. The SMILES string of the molecule is CC(=O)C=C(O)c1ccccc1.CC(=O)C=C(O)c1ccccc1.CC(=O)C=C(O)c1ccccc1.[Nd]. The van der Waals surface area contributed by atoms with Crippen molar-refractivity contribution in [1.29, 1.82) is 0 Å². The van der Waals surface area contributed by atoms with Gasteiger partial charge in [0.1, 0.15) is 17.3 Å². The van der Waals surface area contributed by atoms with Gasteiger partial charge in [-0.15, -0.1) is 0 Å². The molecule has 0 atom stereocenters. The molecule has 0 saturated heterocycles. The fraction of sp³-hybridized carbons (Fsp3) is 0.100. The molecule has 3 rings (SSSR count). The average Bonchev–Trinajstić information content (AvgIpc) is 2.85. The predicted octanol–water partition coefficient (Wildman–Crippen LogP) is 6.52. The largest absolute Gasteiger partial charge is 0.507 e. The minimum Gasteiger partial charge on any atom is -0.507 e. The predicted molar refractivity (Wildman–Crippen MR) is 143 cm³/mol. The van der Waals surface area contributed by atoms with E-state index in [1.54, 1.807) is 72.8 Å². The van der Waals surface area contributed by atoms with Crippen LogP contribution in [0.3, 0.4) is 0 Å². The van der Waals surface area contributed by atoms with E-state index >= 15 is 0 Å². The Morgan fingerprint density at radius 1 is 0.459 bits per heavy atom. The van der Waals surface area contributed by atoms with Crippen molar-refractivity contribution in [3.63, 3.8) is 0 Å². The topological polar surface area (TPSA) is 112 Å². The smallest absolute Gasteiger partial charge is 0.156 e. The number of benzene rings is 3. The maximum absolute atomic E-state index is 10.6. The van der Waals surface area contributed by atoms with Crippen LogP contribution < -0.4 is 0 Å². The fourth-order valence-corrected chi connectivity index (χ4v) is 2.65. The molecule has 3 aromatic rings. The van der Waals surface area contributed by atoms with Gasteiger partial charge in [0.05, 0.1) is 0 Å². The monoisotopic (exact) mass is 628 g/mol. The average molecular weight is 631 g/mol. The maximum Gasteiger partial charge on any atom is 0.156 e. The molecule has 0 spiro atoms. The number of hydrogen-bond donors (Lipinski definition) is 3. The standard InChI is InChI=1S/3C10H10O2.Nd/c3*1-8(11)7-10(12)9-5-3-2-4-6-9;/h3*2-7,12H,1H3;. The van der Waals surface area contributed by atoms with Gasteiger partial charge < -0.3 is 15.3 Å². The molecule has 7 heteroatoms. The van der Waals surface area contributed by atoms with E-state index in [0.717, 1.165) is 0 Å². The molecule has 190 valence electrons. The molecule has 3 aromatic carbocycles.